The van der Waals surface area contributed by atoms with Crippen molar-refractivity contribution in [2.75, 3.05) is 6.61 Å². The molecule has 0 radical (unpaired) electrons. The summed E-state index contributed by atoms with van der Waals surface area (Å²) in [5.74, 6) is -2.06. The second-order valence-corrected chi connectivity index (χ2v) is 3.71. The van der Waals surface area contributed by atoms with Crippen LogP contribution >= 0.6 is 0 Å². The number of aromatic carboxylic acids is 1. The van der Waals surface area contributed by atoms with Gasteiger partial charge in [0.25, 0.3) is 5.69 Å². The van der Waals surface area contributed by atoms with E-state index in [0.29, 0.717) is 0 Å². The number of benzene rings is 1. The van der Waals surface area contributed by atoms with Crippen molar-refractivity contribution >= 4 is 17.6 Å². The molecular weight excluding hydrogens is 268 g/mol. The van der Waals surface area contributed by atoms with E-state index in [2.05, 4.69) is 0 Å². The second-order valence-electron chi connectivity index (χ2n) is 3.71. The topological polar surface area (TPSA) is 131 Å². The monoisotopic (exact) mass is 278 g/mol. The Morgan fingerprint density at radius 1 is 1.45 bits per heavy atom. The fraction of sp³-hybridized carbons (Fsp3) is 0.250. The molecular formula is C12H10N2O6. The molecule has 0 aliphatic heterocycles. The van der Waals surface area contributed by atoms with E-state index in [0.717, 1.165) is 12.1 Å². The first-order valence-electron chi connectivity index (χ1n) is 5.49. The molecule has 0 aliphatic rings. The fourth-order valence-corrected chi connectivity index (χ4v) is 1.45. The molecule has 0 fully saturated rings. The molecule has 0 aromatic heterocycles. The van der Waals surface area contributed by atoms with Crippen molar-refractivity contribution in [3.63, 3.8) is 0 Å². The van der Waals surface area contributed by atoms with Crippen LogP contribution in [0.25, 0.3) is 0 Å². The summed E-state index contributed by atoms with van der Waals surface area (Å²) in [6, 6.07) is 5.00. The molecule has 1 N–H and O–H groups in total. The highest BCUT2D eigenvalue weighted by molar-refractivity contribution is 5.91. The summed E-state index contributed by atoms with van der Waals surface area (Å²) in [5, 5.41) is 27.8. The molecule has 0 spiro atoms. The van der Waals surface area contributed by atoms with Gasteiger partial charge >= 0.3 is 11.9 Å². The summed E-state index contributed by atoms with van der Waals surface area (Å²) < 4.78 is 4.71. The predicted molar refractivity (Wildman–Crippen MR) is 64.9 cm³/mol. The summed E-state index contributed by atoms with van der Waals surface area (Å²) in [4.78, 5) is 32.3. The number of nitrogens with zero attached hydrogens (tertiary/aromatic N) is 2. The first-order valence-corrected chi connectivity index (χ1v) is 5.49. The lowest BCUT2D eigenvalue weighted by molar-refractivity contribution is -0.384. The van der Waals surface area contributed by atoms with Crippen molar-refractivity contribution in [1.29, 1.82) is 5.26 Å². The summed E-state index contributed by atoms with van der Waals surface area (Å²) in [5.41, 5.74) is -0.578. The number of nitro groups is 1. The molecule has 0 aliphatic carbocycles. The Hall–Kier alpha value is -2.95. The number of carboxylic acid groups (broad SMARTS) is 1. The minimum Gasteiger partial charge on any atom is -0.478 e. The number of nitriles is 1. The molecule has 0 unspecified atom stereocenters. The van der Waals surface area contributed by atoms with Crippen LogP contribution < -0.4 is 0 Å². The average Bonchev–Trinajstić information content (AvgIpc) is 2.38. The SMILES string of the molecule is N#CCCOC(=O)Cc1ccc([N+](=O)[O-])cc1C(=O)O. The quantitative estimate of drug-likeness (QED) is 0.359. The van der Waals surface area contributed by atoms with Gasteiger partial charge in [0.2, 0.25) is 0 Å². The van der Waals surface area contributed by atoms with Gasteiger partial charge in [-0.3, -0.25) is 14.9 Å². The largest absolute Gasteiger partial charge is 0.478 e. The van der Waals surface area contributed by atoms with Gasteiger partial charge in [-0.1, -0.05) is 6.07 Å². The minimum atomic E-state index is -1.37. The molecule has 0 atom stereocenters. The highest BCUT2D eigenvalue weighted by Gasteiger charge is 2.18. The number of rotatable bonds is 6. The Labute approximate surface area is 113 Å². The molecule has 8 heteroatoms. The van der Waals surface area contributed by atoms with Gasteiger partial charge in [0.05, 0.1) is 29.4 Å². The van der Waals surface area contributed by atoms with Crippen LogP contribution in [0.3, 0.4) is 0 Å². The molecule has 0 saturated heterocycles. The van der Waals surface area contributed by atoms with E-state index in [4.69, 9.17) is 15.1 Å². The number of carbonyl (C=O) groups is 2. The van der Waals surface area contributed by atoms with Gasteiger partial charge < -0.3 is 9.84 Å². The van der Waals surface area contributed by atoms with Crippen LogP contribution in [0.4, 0.5) is 5.69 Å². The molecule has 104 valence electrons. The smallest absolute Gasteiger partial charge is 0.336 e. The van der Waals surface area contributed by atoms with E-state index in [1.807, 2.05) is 0 Å². The first-order chi connectivity index (χ1) is 9.45. The lowest BCUT2D eigenvalue weighted by Crippen LogP contribution is -2.12. The van der Waals surface area contributed by atoms with Gasteiger partial charge in [-0.2, -0.15) is 5.26 Å². The Morgan fingerprint density at radius 2 is 2.15 bits per heavy atom. The minimum absolute atomic E-state index is 0.0395. The Morgan fingerprint density at radius 3 is 2.70 bits per heavy atom. The molecule has 8 nitrogen and oxygen atoms in total. The van der Waals surface area contributed by atoms with E-state index in [-0.39, 0.29) is 36.3 Å². The van der Waals surface area contributed by atoms with E-state index in [9.17, 15) is 19.7 Å². The van der Waals surface area contributed by atoms with Crippen molar-refractivity contribution in [3.05, 3.63) is 39.4 Å². The Balaban J connectivity index is 2.89. The summed E-state index contributed by atoms with van der Waals surface area (Å²) in [7, 11) is 0. The number of non-ortho nitro benzene ring substituents is 1. The van der Waals surface area contributed by atoms with Gasteiger partial charge in [-0.05, 0) is 5.56 Å². The van der Waals surface area contributed by atoms with Gasteiger partial charge in [-0.25, -0.2) is 4.79 Å². The van der Waals surface area contributed by atoms with Gasteiger partial charge in [0.15, 0.2) is 0 Å². The van der Waals surface area contributed by atoms with Crippen LogP contribution in [-0.4, -0.2) is 28.6 Å². The van der Waals surface area contributed by atoms with Gasteiger partial charge in [0, 0.05) is 12.1 Å². The van der Waals surface area contributed by atoms with Crippen LogP contribution in [0.5, 0.6) is 0 Å². The zero-order valence-electron chi connectivity index (χ0n) is 10.2. The lowest BCUT2D eigenvalue weighted by atomic mass is 10.0. The Kier molecular flexibility index (Phi) is 5.17. The van der Waals surface area contributed by atoms with Crippen molar-refractivity contribution in [2.45, 2.75) is 12.8 Å². The summed E-state index contributed by atoms with van der Waals surface area (Å²) in [6.07, 6.45) is -0.289. The highest BCUT2D eigenvalue weighted by Crippen LogP contribution is 2.19. The maximum Gasteiger partial charge on any atom is 0.336 e. The van der Waals surface area contributed by atoms with Crippen molar-refractivity contribution in [3.8, 4) is 6.07 Å². The number of hydrogen-bond donors (Lipinski definition) is 1. The van der Waals surface area contributed by atoms with Crippen LogP contribution in [-0.2, 0) is 16.0 Å². The van der Waals surface area contributed by atoms with Crippen LogP contribution in [0.15, 0.2) is 18.2 Å². The van der Waals surface area contributed by atoms with E-state index in [1.54, 1.807) is 6.07 Å². The molecule has 20 heavy (non-hydrogen) atoms. The van der Waals surface area contributed by atoms with Crippen molar-refractivity contribution < 1.29 is 24.4 Å². The molecule has 0 heterocycles. The normalized spacial score (nSPS) is 9.55. The average molecular weight is 278 g/mol. The standard InChI is InChI=1S/C12H10N2O6/c13-4-1-5-20-11(15)6-8-2-3-9(14(18)19)7-10(8)12(16)17/h2-3,7H,1,5-6H2,(H,16,17). The van der Waals surface area contributed by atoms with Crippen molar-refractivity contribution in [1.82, 2.24) is 0 Å². The second kappa shape index (κ2) is 6.84. The number of carboxylic acids is 1. The third-order valence-corrected chi connectivity index (χ3v) is 2.35. The van der Waals surface area contributed by atoms with Crippen LogP contribution in [0, 0.1) is 21.4 Å². The van der Waals surface area contributed by atoms with Gasteiger partial charge in [-0.15, -0.1) is 0 Å². The number of esters is 1. The van der Waals surface area contributed by atoms with Gasteiger partial charge in [0.1, 0.15) is 6.61 Å². The number of nitro benzene ring substituents is 1. The zero-order valence-corrected chi connectivity index (χ0v) is 10.2. The zero-order chi connectivity index (χ0) is 15.1. The molecule has 0 saturated carbocycles. The molecule has 0 amide bonds. The summed E-state index contributed by atoms with van der Waals surface area (Å²) in [6.45, 7) is -0.0787. The molecule has 1 aromatic rings. The number of ether oxygens (including phenoxy) is 1. The third-order valence-electron chi connectivity index (χ3n) is 2.35. The number of hydrogen-bond acceptors (Lipinski definition) is 6. The van der Waals surface area contributed by atoms with Crippen molar-refractivity contribution in [2.24, 2.45) is 0 Å². The Bertz CT molecular complexity index is 590. The third kappa shape index (κ3) is 4.06. The maximum atomic E-state index is 11.4. The van der Waals surface area contributed by atoms with Crippen LogP contribution in [0.2, 0.25) is 0 Å². The maximum absolute atomic E-state index is 11.4. The number of carbonyl (C=O) groups excluding carboxylic acids is 1. The fourth-order valence-electron chi connectivity index (χ4n) is 1.45. The molecule has 1 aromatic carbocycles. The first kappa shape index (κ1) is 15.1. The lowest BCUT2D eigenvalue weighted by Gasteiger charge is -2.06. The van der Waals surface area contributed by atoms with E-state index < -0.39 is 16.9 Å². The highest BCUT2D eigenvalue weighted by atomic mass is 16.6. The van der Waals surface area contributed by atoms with E-state index in [1.165, 1.54) is 6.07 Å². The predicted octanol–water partition coefficient (Wildman–Crippen LogP) is 1.29. The van der Waals surface area contributed by atoms with Crippen LogP contribution in [0.1, 0.15) is 22.3 Å². The molecule has 0 bridgehead atoms. The van der Waals surface area contributed by atoms with E-state index >= 15 is 0 Å². The summed E-state index contributed by atoms with van der Waals surface area (Å²) >= 11 is 0. The molecule has 1 rings (SSSR count).